The number of piperidine rings is 1. The van der Waals surface area contributed by atoms with Gasteiger partial charge >= 0.3 is 0 Å². The van der Waals surface area contributed by atoms with Crippen LogP contribution >= 0.6 is 0 Å². The molecule has 6 rings (SSSR count). The minimum Gasteiger partial charge on any atom is -0.488 e. The fourth-order valence-corrected chi connectivity index (χ4v) is 6.24. The predicted molar refractivity (Wildman–Crippen MR) is 127 cm³/mol. The summed E-state index contributed by atoms with van der Waals surface area (Å²) in [5, 5.41) is 7.93. The third kappa shape index (κ3) is 3.66. The van der Waals surface area contributed by atoms with Crippen LogP contribution in [0.4, 0.5) is 5.69 Å². The van der Waals surface area contributed by atoms with Gasteiger partial charge in [0.05, 0.1) is 22.8 Å². The first-order valence-corrected chi connectivity index (χ1v) is 12.6. The van der Waals surface area contributed by atoms with Crippen LogP contribution in [0.5, 0.6) is 5.75 Å². The summed E-state index contributed by atoms with van der Waals surface area (Å²) in [7, 11) is 2.16. The van der Waals surface area contributed by atoms with Crippen molar-refractivity contribution >= 4 is 11.6 Å². The molecule has 1 aromatic heterocycles. The van der Waals surface area contributed by atoms with Gasteiger partial charge in [0.2, 0.25) is 5.91 Å². The van der Waals surface area contributed by atoms with Gasteiger partial charge in [-0.2, -0.15) is 5.10 Å². The number of anilines is 1. The zero-order chi connectivity index (χ0) is 22.4. The molecule has 7 heteroatoms. The van der Waals surface area contributed by atoms with Gasteiger partial charge in [0.1, 0.15) is 11.9 Å². The van der Waals surface area contributed by atoms with E-state index in [0.29, 0.717) is 6.04 Å². The van der Waals surface area contributed by atoms with E-state index in [-0.39, 0.29) is 12.0 Å². The van der Waals surface area contributed by atoms with E-state index in [1.165, 1.54) is 0 Å². The van der Waals surface area contributed by atoms with Crippen LogP contribution in [0, 0.1) is 0 Å². The number of fused-ring (bicyclic) bond motifs is 2. The van der Waals surface area contributed by atoms with Crippen molar-refractivity contribution in [2.45, 2.75) is 68.9 Å². The van der Waals surface area contributed by atoms with Crippen molar-refractivity contribution in [2.24, 2.45) is 0 Å². The van der Waals surface area contributed by atoms with Crippen LogP contribution < -0.4 is 10.1 Å². The Labute approximate surface area is 195 Å². The predicted octanol–water partition coefficient (Wildman–Crippen LogP) is 4.14. The van der Waals surface area contributed by atoms with E-state index in [9.17, 15) is 4.79 Å². The number of carbonyl (C=O) groups excluding carboxylic acids is 1. The zero-order valence-corrected chi connectivity index (χ0v) is 19.5. The number of hydrogen-bond acceptors (Lipinski definition) is 5. The standard InChI is InChI=1S/C26H34N4O3/c1-29-12-5-20(6-13-29)33-23-17-18(22-4-11-27-30(22)19-7-14-32-15-8-19)16-21-24(23)28-25(31)26(21)9-2-3-10-26/h4,11,16-17,19-20H,2-3,5-10,12-15H2,1H3,(H,28,31). The maximum absolute atomic E-state index is 13.3. The number of nitrogens with one attached hydrogen (secondary N) is 1. The molecule has 0 unspecified atom stereocenters. The van der Waals surface area contributed by atoms with Crippen LogP contribution in [0.3, 0.4) is 0 Å². The minimum atomic E-state index is -0.403. The summed E-state index contributed by atoms with van der Waals surface area (Å²) in [6.07, 6.45) is 10.1. The molecule has 1 aromatic carbocycles. The average Bonchev–Trinajstić information content (AvgIpc) is 3.58. The van der Waals surface area contributed by atoms with E-state index >= 15 is 0 Å². The Morgan fingerprint density at radius 1 is 1.12 bits per heavy atom. The SMILES string of the molecule is CN1CCC(Oc2cc(-c3ccnn3C3CCOCC3)cc3c2NC(=O)C32CCCC2)CC1. The van der Waals surface area contributed by atoms with Gasteiger partial charge in [-0.1, -0.05) is 12.8 Å². The lowest BCUT2D eigenvalue weighted by molar-refractivity contribution is -0.120. The number of carbonyl (C=O) groups is 1. The largest absolute Gasteiger partial charge is 0.488 e. The summed E-state index contributed by atoms with van der Waals surface area (Å²) in [6, 6.07) is 6.82. The van der Waals surface area contributed by atoms with Gasteiger partial charge in [-0.05, 0) is 69.3 Å². The number of benzene rings is 1. The molecule has 1 amide bonds. The molecule has 1 saturated carbocycles. The first-order valence-electron chi connectivity index (χ1n) is 12.6. The lowest BCUT2D eigenvalue weighted by Crippen LogP contribution is -2.35. The second-order valence-corrected chi connectivity index (χ2v) is 10.3. The van der Waals surface area contributed by atoms with Gasteiger partial charge in [0.15, 0.2) is 0 Å². The second kappa shape index (κ2) is 8.44. The van der Waals surface area contributed by atoms with Crippen molar-refractivity contribution in [3.63, 3.8) is 0 Å². The Balaban J connectivity index is 1.42. The van der Waals surface area contributed by atoms with Gasteiger partial charge in [-0.25, -0.2) is 0 Å². The third-order valence-electron chi connectivity index (χ3n) is 8.21. The van der Waals surface area contributed by atoms with Crippen LogP contribution in [0.2, 0.25) is 0 Å². The first kappa shape index (κ1) is 21.2. The van der Waals surface area contributed by atoms with E-state index in [2.05, 4.69) is 40.1 Å². The van der Waals surface area contributed by atoms with Crippen LogP contribution in [-0.4, -0.2) is 60.0 Å². The van der Waals surface area contributed by atoms with Crippen molar-refractivity contribution in [1.29, 1.82) is 0 Å². The molecule has 7 nitrogen and oxygen atoms in total. The smallest absolute Gasteiger partial charge is 0.235 e. The van der Waals surface area contributed by atoms with Gasteiger partial charge in [-0.15, -0.1) is 0 Å². The molecule has 4 heterocycles. The quantitative estimate of drug-likeness (QED) is 0.758. The molecule has 1 aliphatic carbocycles. The summed E-state index contributed by atoms with van der Waals surface area (Å²) < 4.78 is 14.4. The van der Waals surface area contributed by atoms with E-state index in [1.54, 1.807) is 0 Å². The highest BCUT2D eigenvalue weighted by atomic mass is 16.5. The fraction of sp³-hybridized carbons (Fsp3) is 0.615. The van der Waals surface area contributed by atoms with E-state index in [4.69, 9.17) is 14.6 Å². The molecule has 2 saturated heterocycles. The fourth-order valence-electron chi connectivity index (χ4n) is 6.24. The number of ether oxygens (including phenoxy) is 2. The third-order valence-corrected chi connectivity index (χ3v) is 8.21. The molecular formula is C26H34N4O3. The normalized spacial score (nSPS) is 23.7. The van der Waals surface area contributed by atoms with Gasteiger partial charge in [0.25, 0.3) is 0 Å². The van der Waals surface area contributed by atoms with Crippen molar-refractivity contribution in [3.05, 3.63) is 30.0 Å². The Bertz CT molecular complexity index is 1030. The van der Waals surface area contributed by atoms with E-state index in [0.717, 1.165) is 106 Å². The highest BCUT2D eigenvalue weighted by Crippen LogP contribution is 2.53. The Hall–Kier alpha value is -2.38. The number of amides is 1. The molecule has 4 aliphatic rings. The number of rotatable bonds is 4. The van der Waals surface area contributed by atoms with E-state index in [1.807, 2.05) is 6.20 Å². The van der Waals surface area contributed by atoms with Crippen LogP contribution in [0.1, 0.15) is 63.0 Å². The maximum Gasteiger partial charge on any atom is 0.235 e. The maximum atomic E-state index is 13.3. The number of nitrogens with zero attached hydrogens (tertiary/aromatic N) is 3. The molecule has 3 aliphatic heterocycles. The van der Waals surface area contributed by atoms with Crippen LogP contribution in [0.15, 0.2) is 24.4 Å². The van der Waals surface area contributed by atoms with Crippen LogP contribution in [0.25, 0.3) is 11.3 Å². The zero-order valence-electron chi connectivity index (χ0n) is 19.5. The molecule has 2 aromatic rings. The Morgan fingerprint density at radius 2 is 1.88 bits per heavy atom. The molecule has 176 valence electrons. The molecule has 1 spiro atoms. The molecule has 0 atom stereocenters. The monoisotopic (exact) mass is 450 g/mol. The highest BCUT2D eigenvalue weighted by Gasteiger charge is 2.50. The molecule has 33 heavy (non-hydrogen) atoms. The lowest BCUT2D eigenvalue weighted by atomic mass is 9.79. The van der Waals surface area contributed by atoms with Gasteiger partial charge < -0.3 is 19.7 Å². The van der Waals surface area contributed by atoms with Gasteiger partial charge in [0, 0.05) is 38.1 Å². The molecule has 1 N–H and O–H groups in total. The first-order chi connectivity index (χ1) is 16.1. The van der Waals surface area contributed by atoms with Crippen LogP contribution in [-0.2, 0) is 14.9 Å². The summed E-state index contributed by atoms with van der Waals surface area (Å²) in [5.41, 5.74) is 3.83. The number of likely N-dealkylation sites (tertiary alicyclic amines) is 1. The van der Waals surface area contributed by atoms with Crippen molar-refractivity contribution in [3.8, 4) is 17.0 Å². The number of hydrogen-bond donors (Lipinski definition) is 1. The minimum absolute atomic E-state index is 0.151. The molecular weight excluding hydrogens is 416 g/mol. The molecule has 3 fully saturated rings. The molecule has 0 radical (unpaired) electrons. The lowest BCUT2D eigenvalue weighted by Gasteiger charge is -2.30. The topological polar surface area (TPSA) is 68.6 Å². The molecule has 0 bridgehead atoms. The van der Waals surface area contributed by atoms with Crippen molar-refractivity contribution < 1.29 is 14.3 Å². The summed E-state index contributed by atoms with van der Waals surface area (Å²) in [4.78, 5) is 15.6. The Morgan fingerprint density at radius 3 is 2.64 bits per heavy atom. The van der Waals surface area contributed by atoms with Crippen molar-refractivity contribution in [2.75, 3.05) is 38.7 Å². The average molecular weight is 451 g/mol. The Kier molecular flexibility index (Phi) is 5.41. The summed E-state index contributed by atoms with van der Waals surface area (Å²) >= 11 is 0. The second-order valence-electron chi connectivity index (χ2n) is 10.3. The van der Waals surface area contributed by atoms with E-state index < -0.39 is 5.41 Å². The highest BCUT2D eigenvalue weighted by molar-refractivity contribution is 6.08. The van der Waals surface area contributed by atoms with Crippen molar-refractivity contribution in [1.82, 2.24) is 14.7 Å². The number of aromatic nitrogens is 2. The summed E-state index contributed by atoms with van der Waals surface area (Å²) in [6.45, 7) is 3.64. The summed E-state index contributed by atoms with van der Waals surface area (Å²) in [5.74, 6) is 0.979. The van der Waals surface area contributed by atoms with Gasteiger partial charge in [-0.3, -0.25) is 9.48 Å².